The van der Waals surface area contributed by atoms with Gasteiger partial charge in [0.2, 0.25) is 0 Å². The highest BCUT2D eigenvalue weighted by Crippen LogP contribution is 2.28. The summed E-state index contributed by atoms with van der Waals surface area (Å²) in [7, 11) is 0. The van der Waals surface area contributed by atoms with Gasteiger partial charge in [-0.2, -0.15) is 5.26 Å². The van der Waals surface area contributed by atoms with Crippen LogP contribution in [0.25, 0.3) is 0 Å². The summed E-state index contributed by atoms with van der Waals surface area (Å²) in [6.45, 7) is 1.94. The normalized spacial score (nSPS) is 11.8. The number of nitrogens with two attached hydrogens (primary N) is 1. The molecule has 0 aliphatic carbocycles. The predicted octanol–water partition coefficient (Wildman–Crippen LogP) is 4.06. The Morgan fingerprint density at radius 2 is 2.10 bits per heavy atom. The van der Waals surface area contributed by atoms with Gasteiger partial charge in [-0.25, -0.2) is 4.39 Å². The van der Waals surface area contributed by atoms with E-state index in [-0.39, 0.29) is 18.2 Å². The molecule has 0 unspecified atom stereocenters. The number of ether oxygens (including phenoxy) is 1. The monoisotopic (exact) mass is 348 g/mol. The van der Waals surface area contributed by atoms with Gasteiger partial charge in [-0.15, -0.1) is 0 Å². The first-order chi connectivity index (χ1) is 10.0. The van der Waals surface area contributed by atoms with Crippen molar-refractivity contribution in [2.45, 2.75) is 19.6 Å². The number of nitrogens with zero attached hydrogens (tertiary/aromatic N) is 1. The largest absolute Gasteiger partial charge is 0.488 e. The van der Waals surface area contributed by atoms with Crippen LogP contribution in [0.1, 0.15) is 29.7 Å². The molecule has 108 valence electrons. The van der Waals surface area contributed by atoms with Gasteiger partial charge in [-0.3, -0.25) is 0 Å². The molecule has 2 N–H and O–H groups in total. The van der Waals surface area contributed by atoms with Gasteiger partial charge in [0.05, 0.1) is 11.6 Å². The molecule has 0 amide bonds. The summed E-state index contributed by atoms with van der Waals surface area (Å²) in [4.78, 5) is 0. The third-order valence-electron chi connectivity index (χ3n) is 3.03. The highest BCUT2D eigenvalue weighted by atomic mass is 79.9. The van der Waals surface area contributed by atoms with Crippen molar-refractivity contribution in [1.82, 2.24) is 0 Å². The van der Waals surface area contributed by atoms with Crippen LogP contribution in [0.4, 0.5) is 4.39 Å². The quantitative estimate of drug-likeness (QED) is 0.906. The molecule has 0 fully saturated rings. The van der Waals surface area contributed by atoms with Crippen molar-refractivity contribution >= 4 is 15.9 Å². The van der Waals surface area contributed by atoms with Gasteiger partial charge < -0.3 is 10.5 Å². The molecule has 0 bridgehead atoms. The molecule has 0 aliphatic heterocycles. The van der Waals surface area contributed by atoms with Gasteiger partial charge >= 0.3 is 0 Å². The minimum absolute atomic E-state index is 0.0822. The zero-order chi connectivity index (χ0) is 15.4. The van der Waals surface area contributed by atoms with Crippen LogP contribution in [0.2, 0.25) is 0 Å². The zero-order valence-corrected chi connectivity index (χ0v) is 13.0. The fraction of sp³-hybridized carbons (Fsp3) is 0.188. The Morgan fingerprint density at radius 1 is 1.33 bits per heavy atom. The Morgan fingerprint density at radius 3 is 2.71 bits per heavy atom. The van der Waals surface area contributed by atoms with E-state index >= 15 is 0 Å². The van der Waals surface area contributed by atoms with Crippen molar-refractivity contribution in [3.05, 3.63) is 63.4 Å². The highest BCUT2D eigenvalue weighted by Gasteiger charge is 2.10. The van der Waals surface area contributed by atoms with E-state index in [9.17, 15) is 4.39 Å². The molecule has 0 aromatic heterocycles. The summed E-state index contributed by atoms with van der Waals surface area (Å²) < 4.78 is 20.4. The van der Waals surface area contributed by atoms with Crippen molar-refractivity contribution in [2.24, 2.45) is 5.73 Å². The van der Waals surface area contributed by atoms with E-state index in [0.717, 1.165) is 10.0 Å². The molecule has 2 rings (SSSR count). The molecule has 0 radical (unpaired) electrons. The summed E-state index contributed by atoms with van der Waals surface area (Å²) in [5, 5.41) is 8.72. The first-order valence-electron chi connectivity index (χ1n) is 6.37. The van der Waals surface area contributed by atoms with E-state index < -0.39 is 5.82 Å². The van der Waals surface area contributed by atoms with Gasteiger partial charge in [0, 0.05) is 21.6 Å². The van der Waals surface area contributed by atoms with Gasteiger partial charge in [0.15, 0.2) is 0 Å². The van der Waals surface area contributed by atoms with Crippen molar-refractivity contribution in [1.29, 1.82) is 5.26 Å². The second-order valence-electron chi connectivity index (χ2n) is 4.68. The van der Waals surface area contributed by atoms with Crippen LogP contribution < -0.4 is 10.5 Å². The summed E-state index contributed by atoms with van der Waals surface area (Å²) in [5.74, 6) is 0.172. The maximum absolute atomic E-state index is 13.8. The molecule has 0 spiro atoms. The molecule has 0 aliphatic rings. The average Bonchev–Trinajstić information content (AvgIpc) is 2.46. The highest BCUT2D eigenvalue weighted by molar-refractivity contribution is 9.10. The Bertz CT molecular complexity index is 695. The lowest BCUT2D eigenvalue weighted by molar-refractivity contribution is 0.295. The lowest BCUT2D eigenvalue weighted by atomic mass is 10.1. The van der Waals surface area contributed by atoms with Gasteiger partial charge in [0.1, 0.15) is 18.2 Å². The van der Waals surface area contributed by atoms with E-state index in [0.29, 0.717) is 11.3 Å². The van der Waals surface area contributed by atoms with Crippen molar-refractivity contribution in [2.75, 3.05) is 0 Å². The fourth-order valence-corrected chi connectivity index (χ4v) is 2.27. The van der Waals surface area contributed by atoms with E-state index in [2.05, 4.69) is 15.9 Å². The maximum Gasteiger partial charge on any atom is 0.131 e. The molecular formula is C16H14BrFN2O. The second-order valence-corrected chi connectivity index (χ2v) is 5.59. The first-order valence-corrected chi connectivity index (χ1v) is 7.17. The number of nitriles is 1. The Hall–Kier alpha value is -1.90. The van der Waals surface area contributed by atoms with Crippen molar-refractivity contribution in [3.63, 3.8) is 0 Å². The van der Waals surface area contributed by atoms with Crippen LogP contribution in [0.5, 0.6) is 5.75 Å². The summed E-state index contributed by atoms with van der Waals surface area (Å²) >= 11 is 3.39. The number of benzene rings is 2. The molecule has 5 heteroatoms. The van der Waals surface area contributed by atoms with E-state index in [1.807, 2.05) is 25.1 Å². The smallest absolute Gasteiger partial charge is 0.131 e. The van der Waals surface area contributed by atoms with Crippen LogP contribution in [0.3, 0.4) is 0 Å². The van der Waals surface area contributed by atoms with Crippen LogP contribution in [-0.2, 0) is 6.61 Å². The van der Waals surface area contributed by atoms with Crippen molar-refractivity contribution < 1.29 is 9.13 Å². The fourth-order valence-electron chi connectivity index (χ4n) is 1.90. The van der Waals surface area contributed by atoms with E-state index in [1.165, 1.54) is 6.07 Å². The number of rotatable bonds is 4. The number of hydrogen-bond donors (Lipinski definition) is 1. The second kappa shape index (κ2) is 6.70. The molecule has 0 saturated carbocycles. The minimum atomic E-state index is -0.450. The summed E-state index contributed by atoms with van der Waals surface area (Å²) in [6, 6.07) is 11.5. The third-order valence-corrected chi connectivity index (χ3v) is 3.52. The molecule has 2 aromatic rings. The predicted molar refractivity (Wildman–Crippen MR) is 82.2 cm³/mol. The maximum atomic E-state index is 13.8. The molecule has 0 saturated heterocycles. The number of hydrogen-bond acceptors (Lipinski definition) is 3. The first kappa shape index (κ1) is 15.5. The van der Waals surface area contributed by atoms with Crippen molar-refractivity contribution in [3.8, 4) is 11.8 Å². The Balaban J connectivity index is 2.19. The molecule has 3 nitrogen and oxygen atoms in total. The average molecular weight is 349 g/mol. The molecule has 21 heavy (non-hydrogen) atoms. The van der Waals surface area contributed by atoms with Gasteiger partial charge in [-0.1, -0.05) is 22.0 Å². The standard InChI is InChI=1S/C16H14BrFN2O/c1-10(20)14-7-13(17)4-5-16(14)21-9-12-3-2-11(8-19)6-15(12)18/h2-7,10H,9,20H2,1H3/t10-/m0/s1. The van der Waals surface area contributed by atoms with Crippen LogP contribution in [-0.4, -0.2) is 0 Å². The molecule has 1 atom stereocenters. The summed E-state index contributed by atoms with van der Waals surface area (Å²) in [5.41, 5.74) is 7.44. The van der Waals surface area contributed by atoms with Crippen LogP contribution >= 0.6 is 15.9 Å². The van der Waals surface area contributed by atoms with Gasteiger partial charge in [0.25, 0.3) is 0 Å². The Kier molecular flexibility index (Phi) is 4.94. The van der Waals surface area contributed by atoms with E-state index in [4.69, 9.17) is 15.7 Å². The lowest BCUT2D eigenvalue weighted by Gasteiger charge is -2.15. The Labute approximate surface area is 131 Å². The van der Waals surface area contributed by atoms with E-state index in [1.54, 1.807) is 18.2 Å². The van der Waals surface area contributed by atoms with Gasteiger partial charge in [-0.05, 0) is 37.3 Å². The van der Waals surface area contributed by atoms with Crippen LogP contribution in [0, 0.1) is 17.1 Å². The third kappa shape index (κ3) is 3.81. The SMILES string of the molecule is C[C@H](N)c1cc(Br)ccc1OCc1ccc(C#N)cc1F. The van der Waals surface area contributed by atoms with Crippen LogP contribution in [0.15, 0.2) is 40.9 Å². The zero-order valence-electron chi connectivity index (χ0n) is 11.4. The summed E-state index contributed by atoms with van der Waals surface area (Å²) in [6.07, 6.45) is 0. The molecular weight excluding hydrogens is 335 g/mol. The topological polar surface area (TPSA) is 59.0 Å². The lowest BCUT2D eigenvalue weighted by Crippen LogP contribution is -2.08. The molecule has 0 heterocycles. The minimum Gasteiger partial charge on any atom is -0.488 e. The molecule has 2 aromatic carbocycles. The number of halogens is 2.